The number of aromatic nitrogens is 2. The van der Waals surface area contributed by atoms with Crippen LogP contribution in [-0.4, -0.2) is 28.2 Å². The molecule has 2 unspecified atom stereocenters. The van der Waals surface area contributed by atoms with Crippen LogP contribution in [0.15, 0.2) is 42.6 Å². The monoisotopic (exact) mass is 255 g/mol. The van der Waals surface area contributed by atoms with Crippen LogP contribution in [0.1, 0.15) is 23.8 Å². The lowest BCUT2D eigenvalue weighted by molar-refractivity contribution is 0.0906. The van der Waals surface area contributed by atoms with E-state index >= 15 is 0 Å². The molecule has 0 saturated carbocycles. The highest BCUT2D eigenvalue weighted by atomic mass is 16.1. The summed E-state index contributed by atoms with van der Waals surface area (Å²) in [6.07, 6.45) is 2.59. The second kappa shape index (κ2) is 4.97. The van der Waals surface area contributed by atoms with Gasteiger partial charge in [-0.1, -0.05) is 18.2 Å². The van der Waals surface area contributed by atoms with E-state index < -0.39 is 0 Å². The summed E-state index contributed by atoms with van der Waals surface area (Å²) >= 11 is 0. The van der Waals surface area contributed by atoms with Crippen LogP contribution >= 0.6 is 0 Å². The van der Waals surface area contributed by atoms with Crippen LogP contribution in [0.5, 0.6) is 0 Å². The molecule has 2 aromatic rings. The maximum atomic E-state index is 12.6. The van der Waals surface area contributed by atoms with E-state index in [0.717, 1.165) is 18.7 Å². The number of nitrogens with one attached hydrogen (secondary N) is 1. The first kappa shape index (κ1) is 12.1. The first-order valence-corrected chi connectivity index (χ1v) is 6.64. The van der Waals surface area contributed by atoms with Crippen LogP contribution in [0.4, 0.5) is 0 Å². The first-order chi connectivity index (χ1) is 9.27. The highest BCUT2D eigenvalue weighted by molar-refractivity contribution is 5.97. The van der Waals surface area contributed by atoms with Crippen LogP contribution in [0.3, 0.4) is 0 Å². The van der Waals surface area contributed by atoms with Gasteiger partial charge in [-0.05, 0) is 38.1 Å². The summed E-state index contributed by atoms with van der Waals surface area (Å²) in [5, 5.41) is 7.60. The summed E-state index contributed by atoms with van der Waals surface area (Å²) in [5.74, 6) is 0.234. The normalized spacial score (nSPS) is 22.6. The second-order valence-corrected chi connectivity index (χ2v) is 4.97. The Balaban J connectivity index is 1.94. The molecule has 0 amide bonds. The number of ketones is 1. The van der Waals surface area contributed by atoms with Gasteiger partial charge in [0, 0.05) is 12.0 Å². The summed E-state index contributed by atoms with van der Waals surface area (Å²) in [6.45, 7) is 2.98. The van der Waals surface area contributed by atoms with Gasteiger partial charge in [0.15, 0.2) is 5.78 Å². The largest absolute Gasteiger partial charge is 0.313 e. The smallest absolute Gasteiger partial charge is 0.185 e. The minimum Gasteiger partial charge on any atom is -0.313 e. The lowest BCUT2D eigenvalue weighted by atomic mass is 9.95. The van der Waals surface area contributed by atoms with E-state index in [2.05, 4.69) is 17.3 Å². The second-order valence-electron chi connectivity index (χ2n) is 4.97. The Kier molecular flexibility index (Phi) is 3.17. The number of benzene rings is 1. The lowest BCUT2D eigenvalue weighted by Crippen LogP contribution is -2.29. The van der Waals surface area contributed by atoms with Gasteiger partial charge in [0.2, 0.25) is 0 Å². The molecule has 98 valence electrons. The van der Waals surface area contributed by atoms with Gasteiger partial charge in [-0.3, -0.25) is 4.79 Å². The fraction of sp³-hybridized carbons (Fsp3) is 0.333. The zero-order chi connectivity index (χ0) is 13.2. The summed E-state index contributed by atoms with van der Waals surface area (Å²) in [4.78, 5) is 12.6. The number of carbonyl (C=O) groups is 1. The highest BCUT2D eigenvalue weighted by Crippen LogP contribution is 2.22. The van der Waals surface area contributed by atoms with Gasteiger partial charge in [-0.25, -0.2) is 4.68 Å². The molecule has 1 fully saturated rings. The number of Topliss-reactive ketones (excluding diaryl/α,β-unsaturated/α-hetero) is 1. The van der Waals surface area contributed by atoms with Crippen molar-refractivity contribution in [3.8, 4) is 5.69 Å². The number of hydrogen-bond donors (Lipinski definition) is 1. The SMILES string of the molecule is CC1NCCC1C(=O)c1ccnn1-c1ccccc1. The molecule has 1 N–H and O–H groups in total. The molecular formula is C15H17N3O. The highest BCUT2D eigenvalue weighted by Gasteiger charge is 2.31. The Hall–Kier alpha value is -1.94. The Bertz CT molecular complexity index is 576. The van der Waals surface area contributed by atoms with Gasteiger partial charge in [0.1, 0.15) is 5.69 Å². The molecule has 19 heavy (non-hydrogen) atoms. The molecule has 1 aliphatic heterocycles. The van der Waals surface area contributed by atoms with Crippen LogP contribution in [0.2, 0.25) is 0 Å². The van der Waals surface area contributed by atoms with Crippen LogP contribution in [0.25, 0.3) is 5.69 Å². The number of nitrogens with zero attached hydrogens (tertiary/aromatic N) is 2. The Labute approximate surface area is 112 Å². The zero-order valence-electron chi connectivity index (χ0n) is 10.9. The van der Waals surface area contributed by atoms with Crippen molar-refractivity contribution in [2.45, 2.75) is 19.4 Å². The zero-order valence-corrected chi connectivity index (χ0v) is 10.9. The van der Waals surface area contributed by atoms with E-state index in [9.17, 15) is 4.79 Å². The minimum atomic E-state index is 0.0548. The van der Waals surface area contributed by atoms with Crippen molar-refractivity contribution in [1.29, 1.82) is 0 Å². The fourth-order valence-electron chi connectivity index (χ4n) is 2.67. The average molecular weight is 255 g/mol. The van der Waals surface area contributed by atoms with Crippen molar-refractivity contribution >= 4 is 5.78 Å². The van der Waals surface area contributed by atoms with Crippen LogP contribution in [-0.2, 0) is 0 Å². The van der Waals surface area contributed by atoms with Crippen molar-refractivity contribution in [2.24, 2.45) is 5.92 Å². The van der Waals surface area contributed by atoms with E-state index in [4.69, 9.17) is 0 Å². The van der Waals surface area contributed by atoms with Gasteiger partial charge in [-0.15, -0.1) is 0 Å². The maximum Gasteiger partial charge on any atom is 0.185 e. The molecule has 4 heteroatoms. The van der Waals surface area contributed by atoms with E-state index in [1.165, 1.54) is 0 Å². The Morgan fingerprint density at radius 1 is 1.32 bits per heavy atom. The van der Waals surface area contributed by atoms with Crippen molar-refractivity contribution in [3.63, 3.8) is 0 Å². The molecule has 1 aromatic carbocycles. The predicted octanol–water partition coefficient (Wildman–Crippen LogP) is 2.05. The lowest BCUT2D eigenvalue weighted by Gasteiger charge is -2.14. The topological polar surface area (TPSA) is 46.9 Å². The third-order valence-corrected chi connectivity index (χ3v) is 3.76. The third-order valence-electron chi connectivity index (χ3n) is 3.76. The van der Waals surface area contributed by atoms with Crippen molar-refractivity contribution in [2.75, 3.05) is 6.54 Å². The maximum absolute atomic E-state index is 12.6. The Morgan fingerprint density at radius 2 is 2.11 bits per heavy atom. The molecule has 1 aromatic heterocycles. The van der Waals surface area contributed by atoms with Crippen LogP contribution < -0.4 is 5.32 Å². The van der Waals surface area contributed by atoms with Gasteiger partial charge in [0.05, 0.1) is 11.9 Å². The molecule has 0 radical (unpaired) electrons. The predicted molar refractivity (Wildman–Crippen MR) is 73.5 cm³/mol. The van der Waals surface area contributed by atoms with Gasteiger partial charge in [0.25, 0.3) is 0 Å². The standard InChI is InChI=1S/C15H17N3O/c1-11-13(7-9-16-11)15(19)14-8-10-17-18(14)12-5-3-2-4-6-12/h2-6,8,10-11,13,16H,7,9H2,1H3. The molecule has 1 aliphatic rings. The van der Waals surface area contributed by atoms with E-state index in [1.807, 2.05) is 30.3 Å². The van der Waals surface area contributed by atoms with Crippen molar-refractivity contribution in [3.05, 3.63) is 48.3 Å². The van der Waals surface area contributed by atoms with Crippen LogP contribution in [0, 0.1) is 5.92 Å². The van der Waals surface area contributed by atoms with Crippen molar-refractivity contribution in [1.82, 2.24) is 15.1 Å². The molecule has 1 saturated heterocycles. The summed E-state index contributed by atoms with van der Waals surface area (Å²) < 4.78 is 1.73. The molecule has 2 atom stereocenters. The molecule has 0 spiro atoms. The minimum absolute atomic E-state index is 0.0548. The Morgan fingerprint density at radius 3 is 2.79 bits per heavy atom. The van der Waals surface area contributed by atoms with Gasteiger partial charge >= 0.3 is 0 Å². The third kappa shape index (κ3) is 2.19. The number of para-hydroxylation sites is 1. The number of hydrogen-bond acceptors (Lipinski definition) is 3. The van der Waals surface area contributed by atoms with Crippen molar-refractivity contribution < 1.29 is 4.79 Å². The van der Waals surface area contributed by atoms with Gasteiger partial charge < -0.3 is 5.32 Å². The number of carbonyl (C=O) groups excluding carboxylic acids is 1. The molecular weight excluding hydrogens is 238 g/mol. The number of rotatable bonds is 3. The molecule has 0 bridgehead atoms. The van der Waals surface area contributed by atoms with E-state index in [1.54, 1.807) is 16.9 Å². The molecule has 2 heterocycles. The van der Waals surface area contributed by atoms with Gasteiger partial charge in [-0.2, -0.15) is 5.10 Å². The summed E-state index contributed by atoms with van der Waals surface area (Å²) in [7, 11) is 0. The average Bonchev–Trinajstić information content (AvgIpc) is 3.07. The van der Waals surface area contributed by atoms with E-state index in [0.29, 0.717) is 5.69 Å². The first-order valence-electron chi connectivity index (χ1n) is 6.64. The molecule has 0 aliphatic carbocycles. The molecule has 4 nitrogen and oxygen atoms in total. The summed E-state index contributed by atoms with van der Waals surface area (Å²) in [5.41, 5.74) is 1.60. The molecule has 3 rings (SSSR count). The quantitative estimate of drug-likeness (QED) is 0.854. The summed E-state index contributed by atoms with van der Waals surface area (Å²) in [6, 6.07) is 11.8. The fourth-order valence-corrected chi connectivity index (χ4v) is 2.67. The van der Waals surface area contributed by atoms with E-state index in [-0.39, 0.29) is 17.7 Å².